The van der Waals surface area contributed by atoms with Crippen LogP contribution in [0.4, 0.5) is 0 Å². The molecule has 2 aromatic carbocycles. The number of hydrogen-bond acceptors (Lipinski definition) is 15. The molecule has 30 nitrogen and oxygen atoms in total. The Morgan fingerprint density at radius 3 is 1.42 bits per heavy atom. The van der Waals surface area contributed by atoms with Gasteiger partial charge in [0.05, 0.1) is 25.3 Å². The van der Waals surface area contributed by atoms with E-state index in [4.69, 9.17) is 17.2 Å². The summed E-state index contributed by atoms with van der Waals surface area (Å²) < 4.78 is 0. The van der Waals surface area contributed by atoms with Gasteiger partial charge in [0.25, 0.3) is 0 Å². The highest BCUT2D eigenvalue weighted by Crippen LogP contribution is 2.12. The summed E-state index contributed by atoms with van der Waals surface area (Å²) >= 11 is 0. The van der Waals surface area contributed by atoms with Crippen molar-refractivity contribution in [1.82, 2.24) is 52.5 Å². The molecule has 0 aliphatic rings. The van der Waals surface area contributed by atoms with Gasteiger partial charge in [0, 0.05) is 50.5 Å². The standard InChI is InChI=1S/C51H70N14O16/c1-27(2)42(50(80)81)65-49(79)36(21-29-12-7-4-8-13-29)64-47(77)35(20-28-10-5-3-6-11-28)63-44(74)32(14-9-19-56-51(53)54)60-45(75)33(15-17-39(67)68)61-46(76)34(16-18-40(69)70)62-48(78)37(23-41(71)72)59-38(66)25-57-43(73)31(52)22-30-24-55-26-58-30/h3-8,10-13,24,26-27,31-37,42H,9,14-23,25,52H2,1-2H3,(H,55,58)(H,57,73)(H,59,66)(H,60,75)(H,61,76)(H,62,78)(H,63,74)(H,64,77)(H,65,79)(H,67,68)(H,69,70)(H,71,72)(H,80,81)(H4,53,54,56)/t31-,32-,33-,34-,35-,36-,37-,42-/m0/s1. The molecule has 0 saturated carbocycles. The smallest absolute Gasteiger partial charge is 0.326 e. The molecule has 0 aliphatic heterocycles. The van der Waals surface area contributed by atoms with Crippen LogP contribution in [0.15, 0.2) is 78.2 Å². The largest absolute Gasteiger partial charge is 0.481 e. The van der Waals surface area contributed by atoms with Crippen LogP contribution in [0.2, 0.25) is 0 Å². The van der Waals surface area contributed by atoms with Gasteiger partial charge in [0.15, 0.2) is 5.96 Å². The first-order chi connectivity index (χ1) is 38.3. The minimum atomic E-state index is -1.94. The Morgan fingerprint density at radius 1 is 0.556 bits per heavy atom. The summed E-state index contributed by atoms with van der Waals surface area (Å²) in [4.78, 5) is 168. The number of carbonyl (C=O) groups is 12. The van der Waals surface area contributed by atoms with Gasteiger partial charge in [0.2, 0.25) is 47.3 Å². The number of carboxylic acid groups (broad SMARTS) is 4. The molecular formula is C51H70N14O16. The molecule has 8 atom stereocenters. The number of H-pyrrole nitrogens is 1. The number of nitrogens with one attached hydrogen (secondary N) is 9. The topological polar surface area (TPSA) is 501 Å². The van der Waals surface area contributed by atoms with Crippen LogP contribution in [0.25, 0.3) is 0 Å². The molecule has 0 spiro atoms. The number of carboxylic acids is 4. The lowest BCUT2D eigenvalue weighted by Gasteiger charge is -2.28. The Balaban J connectivity index is 1.94. The fourth-order valence-electron chi connectivity index (χ4n) is 7.75. The Labute approximate surface area is 464 Å². The van der Waals surface area contributed by atoms with E-state index in [1.165, 1.54) is 12.5 Å². The van der Waals surface area contributed by atoms with E-state index in [0.29, 0.717) is 16.8 Å². The minimum Gasteiger partial charge on any atom is -0.481 e. The SMILES string of the molecule is CC(C)[C@H](NC(=O)[C@H](Cc1ccccc1)NC(=O)[C@H](Cc1ccccc1)NC(=O)[C@H](CCCN=C(N)N)NC(=O)[C@H](CCC(=O)O)NC(=O)[C@H](CCC(=O)O)NC(=O)[C@H](CC(=O)O)NC(=O)CNC(=O)[C@@H](N)Cc1cnc[nH]1)C(=O)O. The second-order valence-electron chi connectivity index (χ2n) is 18.9. The normalized spacial score (nSPS) is 13.8. The number of aromatic nitrogens is 2. The van der Waals surface area contributed by atoms with Gasteiger partial charge >= 0.3 is 23.9 Å². The Bertz CT molecular complexity index is 2670. The Morgan fingerprint density at radius 2 is 1.00 bits per heavy atom. The maximum Gasteiger partial charge on any atom is 0.326 e. The number of carbonyl (C=O) groups excluding carboxylic acids is 8. The number of benzene rings is 2. The van der Waals surface area contributed by atoms with Crippen LogP contribution >= 0.6 is 0 Å². The van der Waals surface area contributed by atoms with Crippen LogP contribution in [0.1, 0.15) is 75.6 Å². The predicted molar refractivity (Wildman–Crippen MR) is 285 cm³/mol. The van der Waals surface area contributed by atoms with Crippen LogP contribution < -0.4 is 59.7 Å². The lowest BCUT2D eigenvalue weighted by Crippen LogP contribution is -2.60. The van der Waals surface area contributed by atoms with Crippen molar-refractivity contribution in [1.29, 1.82) is 0 Å². The maximum atomic E-state index is 14.5. The molecular weight excluding hydrogens is 1060 g/mol. The van der Waals surface area contributed by atoms with Crippen molar-refractivity contribution >= 4 is 77.1 Å². The second-order valence-corrected chi connectivity index (χ2v) is 18.9. The number of rotatable bonds is 36. The summed E-state index contributed by atoms with van der Waals surface area (Å²) in [6.45, 7) is 2.27. The van der Waals surface area contributed by atoms with Crippen LogP contribution in [-0.2, 0) is 76.8 Å². The zero-order valence-electron chi connectivity index (χ0n) is 44.4. The van der Waals surface area contributed by atoms with Crippen molar-refractivity contribution in [2.45, 2.75) is 126 Å². The number of aliphatic carboxylic acids is 4. The molecule has 0 unspecified atom stereocenters. The van der Waals surface area contributed by atoms with E-state index in [1.54, 1.807) is 74.5 Å². The molecule has 3 aromatic rings. The molecule has 0 bridgehead atoms. The monoisotopic (exact) mass is 1130 g/mol. The summed E-state index contributed by atoms with van der Waals surface area (Å²) in [5.41, 5.74) is 18.5. The lowest BCUT2D eigenvalue weighted by atomic mass is 10.00. The van der Waals surface area contributed by atoms with Gasteiger partial charge in [-0.05, 0) is 42.7 Å². The van der Waals surface area contributed by atoms with E-state index in [2.05, 4.69) is 57.5 Å². The van der Waals surface area contributed by atoms with E-state index in [0.717, 1.165) is 0 Å². The van der Waals surface area contributed by atoms with Crippen molar-refractivity contribution in [3.05, 3.63) is 90.0 Å². The number of aliphatic imine (C=N–C) groups is 1. The minimum absolute atomic E-state index is 0.00226. The molecule has 30 heteroatoms. The fraction of sp³-hybridized carbons (Fsp3) is 0.451. The van der Waals surface area contributed by atoms with Crippen LogP contribution in [0.5, 0.6) is 0 Å². The fourth-order valence-corrected chi connectivity index (χ4v) is 7.75. The summed E-state index contributed by atoms with van der Waals surface area (Å²) in [5, 5.41) is 57.5. The van der Waals surface area contributed by atoms with Gasteiger partial charge in [-0.2, -0.15) is 0 Å². The maximum absolute atomic E-state index is 14.5. The predicted octanol–water partition coefficient (Wildman–Crippen LogP) is -3.73. The molecule has 1 aromatic heterocycles. The third kappa shape index (κ3) is 24.8. The summed E-state index contributed by atoms with van der Waals surface area (Å²) in [7, 11) is 0. The first-order valence-electron chi connectivity index (χ1n) is 25.5. The van der Waals surface area contributed by atoms with Crippen molar-refractivity contribution in [3.8, 4) is 0 Å². The molecule has 0 radical (unpaired) electrons. The number of nitrogens with two attached hydrogens (primary N) is 3. The number of hydrogen-bond donors (Lipinski definition) is 16. The Hall–Kier alpha value is -9.48. The molecule has 0 fully saturated rings. The van der Waals surface area contributed by atoms with E-state index < -0.39 is 164 Å². The van der Waals surface area contributed by atoms with E-state index in [-0.39, 0.29) is 44.6 Å². The molecule has 8 amide bonds. The molecule has 440 valence electrons. The first-order valence-corrected chi connectivity index (χ1v) is 25.5. The molecule has 81 heavy (non-hydrogen) atoms. The third-order valence-corrected chi connectivity index (χ3v) is 12.0. The second kappa shape index (κ2) is 33.7. The number of nitrogens with zero attached hydrogens (tertiary/aromatic N) is 2. The number of imidazole rings is 1. The van der Waals surface area contributed by atoms with E-state index in [1.807, 2.05) is 0 Å². The van der Waals surface area contributed by atoms with Gasteiger partial charge in [0.1, 0.15) is 42.3 Å². The third-order valence-electron chi connectivity index (χ3n) is 12.0. The van der Waals surface area contributed by atoms with Crippen molar-refractivity contribution in [2.75, 3.05) is 13.1 Å². The van der Waals surface area contributed by atoms with Crippen molar-refractivity contribution in [3.63, 3.8) is 0 Å². The number of amides is 8. The van der Waals surface area contributed by atoms with Gasteiger partial charge < -0.3 is 85.1 Å². The van der Waals surface area contributed by atoms with Crippen molar-refractivity contribution in [2.24, 2.45) is 28.1 Å². The van der Waals surface area contributed by atoms with Crippen LogP contribution in [0, 0.1) is 5.92 Å². The average molecular weight is 1140 g/mol. The summed E-state index contributed by atoms with van der Waals surface area (Å²) in [6, 6.07) is 4.05. The summed E-state index contributed by atoms with van der Waals surface area (Å²) in [5.74, 6) is -15.2. The van der Waals surface area contributed by atoms with Crippen LogP contribution in [0.3, 0.4) is 0 Å². The molecule has 1 heterocycles. The van der Waals surface area contributed by atoms with E-state index >= 15 is 0 Å². The van der Waals surface area contributed by atoms with Gasteiger partial charge in [-0.3, -0.25) is 57.7 Å². The molecule has 19 N–H and O–H groups in total. The van der Waals surface area contributed by atoms with Gasteiger partial charge in [-0.1, -0.05) is 74.5 Å². The van der Waals surface area contributed by atoms with Crippen molar-refractivity contribution < 1.29 is 78.0 Å². The highest BCUT2D eigenvalue weighted by Gasteiger charge is 2.36. The van der Waals surface area contributed by atoms with Gasteiger partial charge in [-0.15, -0.1) is 0 Å². The quantitative estimate of drug-likeness (QED) is 0.0151. The zero-order chi connectivity index (χ0) is 60.2. The average Bonchev–Trinajstić information content (AvgIpc) is 3.92. The number of guanidine groups is 1. The summed E-state index contributed by atoms with van der Waals surface area (Å²) in [6.07, 6.45) is -1.88. The molecule has 3 rings (SSSR count). The van der Waals surface area contributed by atoms with Gasteiger partial charge in [-0.25, -0.2) is 9.78 Å². The van der Waals surface area contributed by atoms with Crippen LogP contribution in [-0.4, -0.2) is 169 Å². The molecule has 0 aliphatic carbocycles. The lowest BCUT2D eigenvalue weighted by molar-refractivity contribution is -0.143. The zero-order valence-corrected chi connectivity index (χ0v) is 44.4. The number of aromatic amines is 1. The van der Waals surface area contributed by atoms with E-state index in [9.17, 15) is 78.0 Å². The first kappa shape index (κ1) is 65.8. The Kier molecular flexibility index (Phi) is 27.4. The molecule has 0 saturated heterocycles. The highest BCUT2D eigenvalue weighted by atomic mass is 16.4. The highest BCUT2D eigenvalue weighted by molar-refractivity contribution is 5.98.